The molecule has 1 aromatic carbocycles. The number of rotatable bonds is 9. The predicted octanol–water partition coefficient (Wildman–Crippen LogP) is 1.43. The van der Waals surface area contributed by atoms with Crippen molar-refractivity contribution in [1.29, 1.82) is 0 Å². The molecule has 9 nitrogen and oxygen atoms in total. The smallest absolute Gasteiger partial charge is 0.244 e. The lowest BCUT2D eigenvalue weighted by atomic mass is 9.66. The zero-order valence-corrected chi connectivity index (χ0v) is 23.3. The quantitative estimate of drug-likeness (QED) is 0.431. The highest BCUT2D eigenvalue weighted by Gasteiger charge is 2.76. The van der Waals surface area contributed by atoms with Crippen LogP contribution in [0.2, 0.25) is 0 Å². The normalized spacial score (nSPS) is 33.4. The Morgan fingerprint density at radius 1 is 1.18 bits per heavy atom. The minimum Gasteiger partial charge on any atom is -0.394 e. The fraction of sp³-hybridized carbons (Fsp3) is 0.679. The van der Waals surface area contributed by atoms with Crippen LogP contribution in [0.25, 0.3) is 0 Å². The number of morpholine rings is 1. The number of ether oxygens (including phenoxy) is 1. The number of thioether (sulfide) groups is 1. The molecule has 7 atom stereocenters. The number of nitrogens with one attached hydrogen (secondary N) is 2. The summed E-state index contributed by atoms with van der Waals surface area (Å²) in [5.74, 6) is -1.62. The van der Waals surface area contributed by atoms with Gasteiger partial charge in [0.25, 0.3) is 0 Å². The van der Waals surface area contributed by atoms with E-state index >= 15 is 0 Å². The lowest BCUT2D eigenvalue weighted by Gasteiger charge is -2.41. The predicted molar refractivity (Wildman–Crippen MR) is 147 cm³/mol. The van der Waals surface area contributed by atoms with Crippen LogP contribution < -0.4 is 10.6 Å². The van der Waals surface area contributed by atoms with Crippen LogP contribution in [0, 0.1) is 23.7 Å². The highest BCUT2D eigenvalue weighted by atomic mass is 32.2. The zero-order chi connectivity index (χ0) is 27.0. The Hall–Kier alpha value is -2.14. The molecule has 1 aromatic rings. The third kappa shape index (κ3) is 4.63. The van der Waals surface area contributed by atoms with Crippen LogP contribution >= 0.6 is 11.8 Å². The van der Waals surface area contributed by atoms with Crippen molar-refractivity contribution in [2.75, 3.05) is 51.3 Å². The average Bonchev–Trinajstić information content (AvgIpc) is 3.49. The average molecular weight is 545 g/mol. The number of aliphatic hydroxyl groups is 1. The number of hydrogen-bond acceptors (Lipinski definition) is 7. The number of carbonyl (C=O) groups is 3. The van der Waals surface area contributed by atoms with E-state index in [9.17, 15) is 19.5 Å². The summed E-state index contributed by atoms with van der Waals surface area (Å²) < 4.78 is 4.72. The fourth-order valence-electron chi connectivity index (χ4n) is 7.04. The van der Waals surface area contributed by atoms with Crippen molar-refractivity contribution >= 4 is 35.2 Å². The number of likely N-dealkylation sites (tertiary alicyclic amines) is 1. The van der Waals surface area contributed by atoms with E-state index in [1.165, 1.54) is 0 Å². The largest absolute Gasteiger partial charge is 0.394 e. The van der Waals surface area contributed by atoms with E-state index in [0.29, 0.717) is 32.0 Å². The monoisotopic (exact) mass is 544 g/mol. The fourth-order valence-corrected chi connectivity index (χ4v) is 9.45. The highest BCUT2D eigenvalue weighted by molar-refractivity contribution is 8.02. The van der Waals surface area contributed by atoms with Crippen molar-refractivity contribution in [2.45, 2.75) is 49.3 Å². The standard InChI is InChI=1S/C28H40N4O5S/c1-17(2)20(16-33)32-24(26(35)29-9-10-31-11-13-37-14-12-31)28-18(3)15-21(38-28)22(23(28)27(32)36)25(34)30-19-7-5-4-6-8-19/h4-8,17-18,20-24,33H,9-16H2,1-3H3,(H,29,35)(H,30,34)/t18?,20-,21-,22+,23-,24?,28?/m0/s1. The Kier molecular flexibility index (Phi) is 8.05. The Morgan fingerprint density at radius 2 is 1.89 bits per heavy atom. The van der Waals surface area contributed by atoms with Gasteiger partial charge < -0.3 is 25.4 Å². The Morgan fingerprint density at radius 3 is 2.55 bits per heavy atom. The number of fused-ring (bicyclic) bond motifs is 1. The zero-order valence-electron chi connectivity index (χ0n) is 22.5. The molecule has 4 fully saturated rings. The first kappa shape index (κ1) is 27.4. The lowest BCUT2D eigenvalue weighted by molar-refractivity contribution is -0.143. The molecule has 4 aliphatic rings. The first-order chi connectivity index (χ1) is 18.3. The van der Waals surface area contributed by atoms with Gasteiger partial charge in [0.2, 0.25) is 17.7 Å². The van der Waals surface area contributed by atoms with E-state index < -0.39 is 28.7 Å². The summed E-state index contributed by atoms with van der Waals surface area (Å²) in [5.41, 5.74) is 0.697. The molecule has 38 heavy (non-hydrogen) atoms. The van der Waals surface area contributed by atoms with E-state index in [2.05, 4.69) is 22.5 Å². The molecule has 208 valence electrons. The van der Waals surface area contributed by atoms with E-state index in [1.54, 1.807) is 16.7 Å². The van der Waals surface area contributed by atoms with Gasteiger partial charge in [-0.25, -0.2) is 0 Å². The van der Waals surface area contributed by atoms with Gasteiger partial charge in [-0.2, -0.15) is 0 Å². The second kappa shape index (κ2) is 11.2. The van der Waals surface area contributed by atoms with E-state index in [-0.39, 0.29) is 41.4 Å². The van der Waals surface area contributed by atoms with Gasteiger partial charge in [0.05, 0.1) is 42.4 Å². The molecule has 10 heteroatoms. The molecule has 3 N–H and O–H groups in total. The van der Waals surface area contributed by atoms with Crippen molar-refractivity contribution in [3.63, 3.8) is 0 Å². The number of aliphatic hydroxyl groups excluding tert-OH is 1. The summed E-state index contributed by atoms with van der Waals surface area (Å²) in [6.07, 6.45) is 0.776. The topological polar surface area (TPSA) is 111 Å². The third-order valence-electron chi connectivity index (χ3n) is 8.92. The van der Waals surface area contributed by atoms with E-state index in [0.717, 1.165) is 19.5 Å². The van der Waals surface area contributed by atoms with Gasteiger partial charge in [-0.3, -0.25) is 19.3 Å². The molecule has 3 amide bonds. The summed E-state index contributed by atoms with van der Waals surface area (Å²) >= 11 is 1.66. The summed E-state index contributed by atoms with van der Waals surface area (Å²) in [5, 5.41) is 16.5. The molecule has 0 radical (unpaired) electrons. The molecule has 3 unspecified atom stereocenters. The second-order valence-electron chi connectivity index (χ2n) is 11.4. The third-order valence-corrected chi connectivity index (χ3v) is 11.0. The number of carbonyl (C=O) groups excluding carboxylic acids is 3. The second-order valence-corrected chi connectivity index (χ2v) is 12.9. The maximum Gasteiger partial charge on any atom is 0.244 e. The maximum atomic E-state index is 14.2. The number of nitrogens with zero attached hydrogens (tertiary/aromatic N) is 2. The molecule has 1 spiro atoms. The van der Waals surface area contributed by atoms with Crippen LogP contribution in [0.1, 0.15) is 27.2 Å². The molecule has 0 aromatic heterocycles. The number of benzene rings is 1. The summed E-state index contributed by atoms with van der Waals surface area (Å²) in [7, 11) is 0. The van der Waals surface area contributed by atoms with Crippen LogP contribution in [0.5, 0.6) is 0 Å². The van der Waals surface area contributed by atoms with Gasteiger partial charge >= 0.3 is 0 Å². The van der Waals surface area contributed by atoms with Crippen molar-refractivity contribution < 1.29 is 24.2 Å². The van der Waals surface area contributed by atoms with Gasteiger partial charge in [0.1, 0.15) is 6.04 Å². The van der Waals surface area contributed by atoms with Crippen molar-refractivity contribution in [2.24, 2.45) is 23.7 Å². The minimum absolute atomic E-state index is 0.0277. The number of amides is 3. The van der Waals surface area contributed by atoms with Crippen molar-refractivity contribution in [3.8, 4) is 0 Å². The van der Waals surface area contributed by atoms with Gasteiger partial charge in [0, 0.05) is 37.1 Å². The molecule has 4 saturated heterocycles. The molecule has 0 aliphatic carbocycles. The van der Waals surface area contributed by atoms with Gasteiger partial charge in [-0.1, -0.05) is 39.0 Å². The van der Waals surface area contributed by atoms with E-state index in [1.807, 2.05) is 44.2 Å². The van der Waals surface area contributed by atoms with Crippen molar-refractivity contribution in [3.05, 3.63) is 30.3 Å². The Labute approximate surface area is 229 Å². The van der Waals surface area contributed by atoms with Crippen LogP contribution in [-0.4, -0.2) is 101 Å². The van der Waals surface area contributed by atoms with Crippen LogP contribution in [0.3, 0.4) is 0 Å². The maximum absolute atomic E-state index is 14.2. The van der Waals surface area contributed by atoms with Crippen molar-refractivity contribution in [1.82, 2.24) is 15.1 Å². The highest BCUT2D eigenvalue weighted by Crippen LogP contribution is 2.69. The minimum atomic E-state index is -0.733. The van der Waals surface area contributed by atoms with Crippen LogP contribution in [0.15, 0.2) is 30.3 Å². The number of para-hydroxylation sites is 1. The molecule has 4 heterocycles. The molecule has 2 bridgehead atoms. The lowest BCUT2D eigenvalue weighted by Crippen LogP contribution is -2.59. The molecule has 4 aliphatic heterocycles. The van der Waals surface area contributed by atoms with Crippen LogP contribution in [0.4, 0.5) is 5.69 Å². The first-order valence-electron chi connectivity index (χ1n) is 13.8. The molecule has 0 saturated carbocycles. The molecular weight excluding hydrogens is 504 g/mol. The summed E-state index contributed by atoms with van der Waals surface area (Å²) in [6.45, 7) is 10.0. The number of hydrogen-bond donors (Lipinski definition) is 3. The summed E-state index contributed by atoms with van der Waals surface area (Å²) in [4.78, 5) is 45.8. The first-order valence-corrected chi connectivity index (χ1v) is 14.7. The van der Waals surface area contributed by atoms with Gasteiger partial charge in [-0.15, -0.1) is 11.8 Å². The molecule has 5 rings (SSSR count). The van der Waals surface area contributed by atoms with E-state index in [4.69, 9.17) is 4.74 Å². The van der Waals surface area contributed by atoms with Crippen LogP contribution in [-0.2, 0) is 19.1 Å². The number of anilines is 1. The van der Waals surface area contributed by atoms with Gasteiger partial charge in [0.15, 0.2) is 0 Å². The Bertz CT molecular complexity index is 1040. The summed E-state index contributed by atoms with van der Waals surface area (Å²) in [6, 6.07) is 8.06. The van der Waals surface area contributed by atoms with Gasteiger partial charge in [-0.05, 0) is 30.4 Å². The molecular formula is C28H40N4O5S. The Balaban J connectivity index is 1.43. The SMILES string of the molecule is CC(C)[C@H](CO)N1C(=O)[C@@H]2[C@H](C(=O)Nc3ccccc3)[C@@H]3CC(C)C2(S3)C1C(=O)NCCN1CCOCC1.